The molecule has 5 nitrogen and oxygen atoms in total. The Hall–Kier alpha value is -1.96. The summed E-state index contributed by atoms with van der Waals surface area (Å²) in [5.74, 6) is -0.711. The van der Waals surface area contributed by atoms with Crippen LogP contribution in [-0.4, -0.2) is 23.7 Å². The van der Waals surface area contributed by atoms with Gasteiger partial charge in [-0.15, -0.1) is 0 Å². The van der Waals surface area contributed by atoms with Crippen molar-refractivity contribution in [2.75, 3.05) is 11.9 Å². The van der Waals surface area contributed by atoms with Crippen LogP contribution in [0.4, 0.5) is 23.7 Å². The minimum absolute atomic E-state index is 0.0439. The Kier molecular flexibility index (Phi) is 14.6. The number of carbonyl (C=O) groups excluding carboxylic acids is 1. The van der Waals surface area contributed by atoms with Gasteiger partial charge in [-0.25, -0.2) is 4.79 Å². The highest BCUT2D eigenvalue weighted by molar-refractivity contribution is 6.31. The zero-order valence-corrected chi connectivity index (χ0v) is 19.9. The van der Waals surface area contributed by atoms with Crippen LogP contribution in [0.3, 0.4) is 0 Å². The molecule has 0 aromatic heterocycles. The standard InChI is InChI=1S/C24H36ClF3N2O3/c25-21-16-15-19(18-20(21)24(26,27)28)30-23(33)29-17-13-11-9-7-5-3-1-2-4-6-8-10-12-14-22(31)32/h15-16,18H,1-14,17H2,(H,31,32)(H2,29,30,33). The summed E-state index contributed by atoms with van der Waals surface area (Å²) < 4.78 is 38.6. The molecule has 0 bridgehead atoms. The van der Waals surface area contributed by atoms with Crippen molar-refractivity contribution >= 4 is 29.3 Å². The van der Waals surface area contributed by atoms with Gasteiger partial charge >= 0.3 is 18.2 Å². The summed E-state index contributed by atoms with van der Waals surface area (Å²) in [7, 11) is 0. The highest BCUT2D eigenvalue weighted by Gasteiger charge is 2.33. The van der Waals surface area contributed by atoms with E-state index in [1.807, 2.05) is 0 Å². The average molecular weight is 493 g/mol. The molecule has 0 aliphatic rings. The van der Waals surface area contributed by atoms with Crippen LogP contribution in [0.15, 0.2) is 18.2 Å². The van der Waals surface area contributed by atoms with Crippen molar-refractivity contribution in [3.63, 3.8) is 0 Å². The number of benzene rings is 1. The van der Waals surface area contributed by atoms with E-state index < -0.39 is 28.8 Å². The van der Waals surface area contributed by atoms with Gasteiger partial charge in [0.05, 0.1) is 10.6 Å². The molecule has 0 aliphatic heterocycles. The van der Waals surface area contributed by atoms with Crippen LogP contribution in [-0.2, 0) is 11.0 Å². The van der Waals surface area contributed by atoms with Crippen molar-refractivity contribution in [3.8, 4) is 0 Å². The van der Waals surface area contributed by atoms with E-state index in [1.165, 1.54) is 44.6 Å². The van der Waals surface area contributed by atoms with Crippen LogP contribution in [0.5, 0.6) is 0 Å². The van der Waals surface area contributed by atoms with Crippen LogP contribution in [0.25, 0.3) is 0 Å². The van der Waals surface area contributed by atoms with Gasteiger partial charge in [0.15, 0.2) is 0 Å². The van der Waals surface area contributed by atoms with Crippen LogP contribution in [0, 0.1) is 0 Å². The van der Waals surface area contributed by atoms with Crippen molar-refractivity contribution in [3.05, 3.63) is 28.8 Å². The zero-order valence-electron chi connectivity index (χ0n) is 19.1. The highest BCUT2D eigenvalue weighted by Crippen LogP contribution is 2.36. The molecule has 0 unspecified atom stereocenters. The maximum atomic E-state index is 12.9. The number of carbonyl (C=O) groups is 2. The number of hydrogen-bond donors (Lipinski definition) is 3. The molecule has 0 saturated carbocycles. The Morgan fingerprint density at radius 3 is 1.79 bits per heavy atom. The number of aliphatic carboxylic acids is 1. The smallest absolute Gasteiger partial charge is 0.417 e. The van der Waals surface area contributed by atoms with Gasteiger partial charge in [0.25, 0.3) is 0 Å². The van der Waals surface area contributed by atoms with E-state index in [-0.39, 0.29) is 12.1 Å². The third kappa shape index (κ3) is 14.7. The number of rotatable bonds is 17. The second kappa shape index (κ2) is 16.6. The van der Waals surface area contributed by atoms with Gasteiger partial charge in [0.2, 0.25) is 0 Å². The molecule has 2 amide bonds. The first kappa shape index (κ1) is 29.1. The maximum Gasteiger partial charge on any atom is 0.417 e. The Bertz CT molecular complexity index is 715. The van der Waals surface area contributed by atoms with Crippen LogP contribution in [0.2, 0.25) is 5.02 Å². The van der Waals surface area contributed by atoms with Gasteiger partial charge in [-0.2, -0.15) is 13.2 Å². The molecule has 9 heteroatoms. The van der Waals surface area contributed by atoms with E-state index >= 15 is 0 Å². The Morgan fingerprint density at radius 1 is 0.818 bits per heavy atom. The predicted octanol–water partition coefficient (Wildman–Crippen LogP) is 8.03. The van der Waals surface area contributed by atoms with Crippen molar-refractivity contribution < 1.29 is 27.9 Å². The summed E-state index contributed by atoms with van der Waals surface area (Å²) in [6, 6.07) is 2.74. The minimum atomic E-state index is -4.57. The molecule has 0 atom stereocenters. The predicted molar refractivity (Wildman–Crippen MR) is 126 cm³/mol. The molecule has 1 rings (SSSR count). The molecule has 1 aromatic rings. The Balaban J connectivity index is 1.96. The van der Waals surface area contributed by atoms with E-state index in [4.69, 9.17) is 16.7 Å². The van der Waals surface area contributed by atoms with E-state index in [2.05, 4.69) is 10.6 Å². The number of unbranched alkanes of at least 4 members (excludes halogenated alkanes) is 12. The maximum absolute atomic E-state index is 12.9. The number of amides is 2. The molecule has 0 spiro atoms. The summed E-state index contributed by atoms with van der Waals surface area (Å²) in [4.78, 5) is 22.3. The lowest BCUT2D eigenvalue weighted by atomic mass is 10.0. The summed E-state index contributed by atoms with van der Waals surface area (Å²) in [5.41, 5.74) is -0.933. The third-order valence-electron chi connectivity index (χ3n) is 5.38. The number of nitrogens with one attached hydrogen (secondary N) is 2. The molecule has 0 aliphatic carbocycles. The first-order valence-corrected chi connectivity index (χ1v) is 12.2. The fourth-order valence-corrected chi connectivity index (χ4v) is 3.77. The summed E-state index contributed by atoms with van der Waals surface area (Å²) in [5, 5.41) is 13.2. The molecule has 0 saturated heterocycles. The first-order chi connectivity index (χ1) is 15.7. The fourth-order valence-electron chi connectivity index (χ4n) is 3.54. The third-order valence-corrected chi connectivity index (χ3v) is 5.71. The first-order valence-electron chi connectivity index (χ1n) is 11.8. The number of carboxylic acids is 1. The van der Waals surface area contributed by atoms with Gasteiger partial charge < -0.3 is 15.7 Å². The monoisotopic (exact) mass is 492 g/mol. The molecular weight excluding hydrogens is 457 g/mol. The van der Waals surface area contributed by atoms with Gasteiger partial charge in [0, 0.05) is 18.7 Å². The van der Waals surface area contributed by atoms with Gasteiger partial charge in [-0.3, -0.25) is 4.79 Å². The van der Waals surface area contributed by atoms with Crippen LogP contribution < -0.4 is 10.6 Å². The number of alkyl halides is 3. The number of urea groups is 1. The van der Waals surface area contributed by atoms with Gasteiger partial charge in [-0.1, -0.05) is 82.2 Å². The minimum Gasteiger partial charge on any atom is -0.481 e. The van der Waals surface area contributed by atoms with Crippen LogP contribution >= 0.6 is 11.6 Å². The largest absolute Gasteiger partial charge is 0.481 e. The second-order valence-corrected chi connectivity index (χ2v) is 8.72. The van der Waals surface area contributed by atoms with E-state index in [1.54, 1.807) is 0 Å². The number of halogens is 4. The van der Waals surface area contributed by atoms with Crippen molar-refractivity contribution in [1.29, 1.82) is 0 Å². The lowest BCUT2D eigenvalue weighted by Crippen LogP contribution is -2.29. The Morgan fingerprint density at radius 2 is 1.30 bits per heavy atom. The summed E-state index contributed by atoms with van der Waals surface area (Å²) >= 11 is 5.57. The normalized spacial score (nSPS) is 11.4. The van der Waals surface area contributed by atoms with Crippen molar-refractivity contribution in [2.45, 2.75) is 96.1 Å². The average Bonchev–Trinajstić information content (AvgIpc) is 2.73. The Labute approximate surface area is 199 Å². The topological polar surface area (TPSA) is 78.4 Å². The molecule has 0 radical (unpaired) electrons. The molecule has 3 N–H and O–H groups in total. The summed E-state index contributed by atoms with van der Waals surface area (Å²) in [6.07, 6.45) is 9.96. The van der Waals surface area contributed by atoms with E-state index in [9.17, 15) is 22.8 Å². The summed E-state index contributed by atoms with van der Waals surface area (Å²) in [6.45, 7) is 0.470. The number of carboxylic acid groups (broad SMARTS) is 1. The van der Waals surface area contributed by atoms with Gasteiger partial charge in [0.1, 0.15) is 0 Å². The molecular formula is C24H36ClF3N2O3. The lowest BCUT2D eigenvalue weighted by Gasteiger charge is -2.12. The number of anilines is 1. The van der Waals surface area contributed by atoms with Crippen molar-refractivity contribution in [1.82, 2.24) is 5.32 Å². The number of hydrogen-bond acceptors (Lipinski definition) is 2. The van der Waals surface area contributed by atoms with E-state index in [0.717, 1.165) is 57.1 Å². The van der Waals surface area contributed by atoms with E-state index in [0.29, 0.717) is 6.54 Å². The SMILES string of the molecule is O=C(O)CCCCCCCCCCCCCCCNC(=O)Nc1ccc(Cl)c(C(F)(F)F)c1. The molecule has 0 heterocycles. The van der Waals surface area contributed by atoms with Crippen molar-refractivity contribution in [2.24, 2.45) is 0 Å². The second-order valence-electron chi connectivity index (χ2n) is 8.31. The van der Waals surface area contributed by atoms with Gasteiger partial charge in [-0.05, 0) is 31.0 Å². The molecule has 1 aromatic carbocycles. The quantitative estimate of drug-likeness (QED) is 0.192. The lowest BCUT2D eigenvalue weighted by molar-refractivity contribution is -0.138. The van der Waals surface area contributed by atoms with Crippen LogP contribution in [0.1, 0.15) is 95.5 Å². The molecule has 0 fully saturated rings. The fraction of sp³-hybridized carbons (Fsp3) is 0.667. The molecule has 33 heavy (non-hydrogen) atoms. The highest BCUT2D eigenvalue weighted by atomic mass is 35.5. The zero-order chi connectivity index (χ0) is 24.5. The molecule has 188 valence electrons.